The maximum atomic E-state index is 12.2. The molecule has 0 spiro atoms. The Morgan fingerprint density at radius 3 is 2.43 bits per heavy atom. The number of hydrogen-bond donors (Lipinski definition) is 0. The fourth-order valence-electron chi connectivity index (χ4n) is 2.30. The SMILES string of the molecule is CCc1ccc(OC(=O)c2ccc3cc(OC)ccc3n2)cc1. The third kappa shape index (κ3) is 3.31. The molecule has 0 amide bonds. The summed E-state index contributed by atoms with van der Waals surface area (Å²) in [7, 11) is 1.62. The number of aromatic nitrogens is 1. The van der Waals surface area contributed by atoms with Crippen LogP contribution in [0.3, 0.4) is 0 Å². The number of benzene rings is 2. The predicted molar refractivity (Wildman–Crippen MR) is 89.1 cm³/mol. The maximum absolute atomic E-state index is 12.2. The van der Waals surface area contributed by atoms with Gasteiger partial charge in [-0.15, -0.1) is 0 Å². The minimum atomic E-state index is -0.466. The molecule has 0 N–H and O–H groups in total. The van der Waals surface area contributed by atoms with Gasteiger partial charge in [-0.05, 0) is 48.4 Å². The Kier molecular flexibility index (Phi) is 4.24. The first-order valence-electron chi connectivity index (χ1n) is 7.45. The number of pyridine rings is 1. The fraction of sp³-hybridized carbons (Fsp3) is 0.158. The van der Waals surface area contributed by atoms with Crippen molar-refractivity contribution >= 4 is 16.9 Å². The molecule has 0 aliphatic carbocycles. The second-order valence-corrected chi connectivity index (χ2v) is 5.14. The molecule has 1 heterocycles. The number of aryl methyl sites for hydroxylation is 1. The molecular formula is C19H17NO3. The summed E-state index contributed by atoms with van der Waals surface area (Å²) in [6, 6.07) is 16.5. The topological polar surface area (TPSA) is 48.4 Å². The second kappa shape index (κ2) is 6.48. The number of esters is 1. The Morgan fingerprint density at radius 1 is 1.00 bits per heavy atom. The lowest BCUT2D eigenvalue weighted by Crippen LogP contribution is -2.10. The highest BCUT2D eigenvalue weighted by atomic mass is 16.5. The molecule has 0 unspecified atom stereocenters. The van der Waals surface area contributed by atoms with Crippen molar-refractivity contribution in [2.24, 2.45) is 0 Å². The Morgan fingerprint density at radius 2 is 1.74 bits per heavy atom. The molecule has 0 aliphatic rings. The molecule has 0 fully saturated rings. The number of carbonyl (C=O) groups excluding carboxylic acids is 1. The van der Waals surface area contributed by atoms with Gasteiger partial charge >= 0.3 is 5.97 Å². The van der Waals surface area contributed by atoms with E-state index >= 15 is 0 Å². The van der Waals surface area contributed by atoms with Crippen LogP contribution < -0.4 is 9.47 Å². The zero-order chi connectivity index (χ0) is 16.2. The number of ether oxygens (including phenoxy) is 2. The Hall–Kier alpha value is -2.88. The van der Waals surface area contributed by atoms with Crippen LogP contribution in [0.2, 0.25) is 0 Å². The van der Waals surface area contributed by atoms with Gasteiger partial charge < -0.3 is 9.47 Å². The molecule has 3 rings (SSSR count). The van der Waals surface area contributed by atoms with E-state index in [-0.39, 0.29) is 5.69 Å². The van der Waals surface area contributed by atoms with Gasteiger partial charge in [-0.2, -0.15) is 0 Å². The number of hydrogen-bond acceptors (Lipinski definition) is 4. The molecule has 0 saturated carbocycles. The molecule has 1 aromatic heterocycles. The van der Waals surface area contributed by atoms with Crippen LogP contribution in [0, 0.1) is 0 Å². The van der Waals surface area contributed by atoms with Crippen LogP contribution in [0.1, 0.15) is 23.0 Å². The highest BCUT2D eigenvalue weighted by molar-refractivity contribution is 5.92. The molecule has 3 aromatic rings. The highest BCUT2D eigenvalue weighted by Gasteiger charge is 2.11. The van der Waals surface area contributed by atoms with Gasteiger partial charge in [0.2, 0.25) is 0 Å². The predicted octanol–water partition coefficient (Wildman–Crippen LogP) is 4.03. The van der Waals surface area contributed by atoms with Gasteiger partial charge in [0.05, 0.1) is 12.6 Å². The Labute approximate surface area is 134 Å². The Bertz CT molecular complexity index is 841. The summed E-state index contributed by atoms with van der Waals surface area (Å²) in [6.45, 7) is 2.08. The van der Waals surface area contributed by atoms with Crippen molar-refractivity contribution in [2.45, 2.75) is 13.3 Å². The van der Waals surface area contributed by atoms with E-state index in [1.54, 1.807) is 25.3 Å². The van der Waals surface area contributed by atoms with E-state index in [9.17, 15) is 4.79 Å². The summed E-state index contributed by atoms with van der Waals surface area (Å²) in [5.41, 5.74) is 2.20. The van der Waals surface area contributed by atoms with Crippen molar-refractivity contribution < 1.29 is 14.3 Å². The van der Waals surface area contributed by atoms with Gasteiger partial charge in [0, 0.05) is 5.39 Å². The second-order valence-electron chi connectivity index (χ2n) is 5.14. The minimum absolute atomic E-state index is 0.280. The molecule has 0 atom stereocenters. The number of rotatable bonds is 4. The van der Waals surface area contributed by atoms with E-state index in [2.05, 4.69) is 11.9 Å². The van der Waals surface area contributed by atoms with Gasteiger partial charge in [-0.1, -0.05) is 25.1 Å². The first-order valence-corrected chi connectivity index (χ1v) is 7.45. The van der Waals surface area contributed by atoms with Crippen LogP contribution in [0.4, 0.5) is 0 Å². The van der Waals surface area contributed by atoms with E-state index in [0.29, 0.717) is 5.75 Å². The number of carbonyl (C=O) groups is 1. The maximum Gasteiger partial charge on any atom is 0.362 e. The first-order chi connectivity index (χ1) is 11.2. The normalized spacial score (nSPS) is 10.5. The number of fused-ring (bicyclic) bond motifs is 1. The summed E-state index contributed by atoms with van der Waals surface area (Å²) in [5, 5.41) is 0.910. The van der Waals surface area contributed by atoms with Crippen molar-refractivity contribution in [3.63, 3.8) is 0 Å². The van der Waals surface area contributed by atoms with Crippen molar-refractivity contribution in [1.29, 1.82) is 0 Å². The smallest absolute Gasteiger partial charge is 0.362 e. The van der Waals surface area contributed by atoms with E-state index in [0.717, 1.165) is 23.1 Å². The molecule has 0 radical (unpaired) electrons. The molecule has 0 bridgehead atoms. The van der Waals surface area contributed by atoms with Crippen molar-refractivity contribution in [3.05, 3.63) is 65.9 Å². The third-order valence-electron chi connectivity index (χ3n) is 3.65. The van der Waals surface area contributed by atoms with Crippen molar-refractivity contribution in [3.8, 4) is 11.5 Å². The van der Waals surface area contributed by atoms with Crippen molar-refractivity contribution in [1.82, 2.24) is 4.98 Å². The Balaban J connectivity index is 1.82. The molecule has 4 heteroatoms. The lowest BCUT2D eigenvalue weighted by molar-refractivity contribution is 0.0729. The summed E-state index contributed by atoms with van der Waals surface area (Å²) in [5.74, 6) is 0.807. The molecule has 23 heavy (non-hydrogen) atoms. The molecule has 2 aromatic carbocycles. The van der Waals surface area contributed by atoms with Crippen LogP contribution >= 0.6 is 0 Å². The fourth-order valence-corrected chi connectivity index (χ4v) is 2.30. The van der Waals surface area contributed by atoms with Crippen molar-refractivity contribution in [2.75, 3.05) is 7.11 Å². The summed E-state index contributed by atoms with van der Waals surface area (Å²) in [6.07, 6.45) is 0.948. The van der Waals surface area contributed by atoms with E-state index < -0.39 is 5.97 Å². The third-order valence-corrected chi connectivity index (χ3v) is 3.65. The largest absolute Gasteiger partial charge is 0.497 e. The molecule has 0 saturated heterocycles. The van der Waals surface area contributed by atoms with Crippen LogP contribution in [-0.4, -0.2) is 18.1 Å². The minimum Gasteiger partial charge on any atom is -0.497 e. The lowest BCUT2D eigenvalue weighted by atomic mass is 10.2. The van der Waals surface area contributed by atoms with Gasteiger partial charge in [0.25, 0.3) is 0 Å². The van der Waals surface area contributed by atoms with Gasteiger partial charge in [0.15, 0.2) is 0 Å². The highest BCUT2D eigenvalue weighted by Crippen LogP contribution is 2.20. The van der Waals surface area contributed by atoms with E-state index in [1.165, 1.54) is 5.56 Å². The first kappa shape index (κ1) is 15.0. The monoisotopic (exact) mass is 307 g/mol. The van der Waals surface area contributed by atoms with Crippen LogP contribution in [0.5, 0.6) is 11.5 Å². The van der Waals surface area contributed by atoms with Crippen LogP contribution in [-0.2, 0) is 6.42 Å². The van der Waals surface area contributed by atoms with Crippen LogP contribution in [0.15, 0.2) is 54.6 Å². The summed E-state index contributed by atoms with van der Waals surface area (Å²) < 4.78 is 10.5. The molecular weight excluding hydrogens is 290 g/mol. The van der Waals surface area contributed by atoms with E-state index in [4.69, 9.17) is 9.47 Å². The standard InChI is InChI=1S/C19H17NO3/c1-3-13-4-7-15(8-5-13)23-19(21)18-10-6-14-12-16(22-2)9-11-17(14)20-18/h4-12H,3H2,1-2H3. The average molecular weight is 307 g/mol. The van der Waals surface area contributed by atoms with Gasteiger partial charge in [-0.25, -0.2) is 9.78 Å². The lowest BCUT2D eigenvalue weighted by Gasteiger charge is -2.06. The van der Waals surface area contributed by atoms with Crippen LogP contribution in [0.25, 0.3) is 10.9 Å². The number of methoxy groups -OCH3 is 1. The zero-order valence-electron chi connectivity index (χ0n) is 13.1. The molecule has 4 nitrogen and oxygen atoms in total. The van der Waals surface area contributed by atoms with Gasteiger partial charge in [-0.3, -0.25) is 0 Å². The van der Waals surface area contributed by atoms with E-state index in [1.807, 2.05) is 36.4 Å². The van der Waals surface area contributed by atoms with Gasteiger partial charge in [0.1, 0.15) is 17.2 Å². The molecule has 116 valence electrons. The quantitative estimate of drug-likeness (QED) is 0.539. The summed E-state index contributed by atoms with van der Waals surface area (Å²) in [4.78, 5) is 16.6. The summed E-state index contributed by atoms with van der Waals surface area (Å²) >= 11 is 0. The molecule has 0 aliphatic heterocycles. The zero-order valence-corrected chi connectivity index (χ0v) is 13.1. The number of nitrogens with zero attached hydrogens (tertiary/aromatic N) is 1. The average Bonchev–Trinajstić information content (AvgIpc) is 2.61.